The van der Waals surface area contributed by atoms with Gasteiger partial charge in [0.15, 0.2) is 6.61 Å². The van der Waals surface area contributed by atoms with Gasteiger partial charge in [0.2, 0.25) is 0 Å². The van der Waals surface area contributed by atoms with Crippen molar-refractivity contribution in [2.75, 3.05) is 38.8 Å². The molecule has 2 aromatic carbocycles. The fraction of sp³-hybridized carbons (Fsp3) is 0.435. The highest BCUT2D eigenvalue weighted by Gasteiger charge is 2.23. The van der Waals surface area contributed by atoms with E-state index in [4.69, 9.17) is 9.47 Å². The Hall–Kier alpha value is -2.53. The van der Waals surface area contributed by atoms with Gasteiger partial charge in [-0.3, -0.25) is 4.79 Å². The van der Waals surface area contributed by atoms with E-state index in [1.54, 1.807) is 0 Å². The molecule has 5 nitrogen and oxygen atoms in total. The number of carbonyl (C=O) groups is 1. The van der Waals surface area contributed by atoms with E-state index in [-0.39, 0.29) is 18.6 Å². The third-order valence-electron chi connectivity index (χ3n) is 4.98. The summed E-state index contributed by atoms with van der Waals surface area (Å²) in [6, 6.07) is 16.1. The number of aryl methyl sites for hydroxylation is 1. The normalized spacial score (nSPS) is 16.0. The molecule has 3 rings (SSSR count). The van der Waals surface area contributed by atoms with E-state index >= 15 is 0 Å². The van der Waals surface area contributed by atoms with Crippen LogP contribution in [0.2, 0.25) is 0 Å². The largest absolute Gasteiger partial charge is 0.484 e. The van der Waals surface area contributed by atoms with Crippen LogP contribution in [-0.4, -0.2) is 50.8 Å². The van der Waals surface area contributed by atoms with E-state index in [9.17, 15) is 4.79 Å². The summed E-state index contributed by atoms with van der Waals surface area (Å²) in [5.74, 6) is 0.703. The van der Waals surface area contributed by atoms with Crippen LogP contribution >= 0.6 is 0 Å². The minimum Gasteiger partial charge on any atom is -0.484 e. The van der Waals surface area contributed by atoms with Gasteiger partial charge < -0.3 is 19.3 Å². The Balaban J connectivity index is 1.65. The molecule has 1 atom stereocenters. The van der Waals surface area contributed by atoms with Gasteiger partial charge in [0.05, 0.1) is 6.10 Å². The van der Waals surface area contributed by atoms with Crippen LogP contribution in [0.3, 0.4) is 0 Å². The molecule has 1 heterocycles. The van der Waals surface area contributed by atoms with E-state index in [0.29, 0.717) is 13.1 Å². The van der Waals surface area contributed by atoms with Crippen LogP contribution in [0.25, 0.3) is 0 Å². The van der Waals surface area contributed by atoms with Crippen LogP contribution in [0.1, 0.15) is 24.0 Å². The van der Waals surface area contributed by atoms with Crippen molar-refractivity contribution in [1.82, 2.24) is 4.90 Å². The second-order valence-electron chi connectivity index (χ2n) is 7.58. The minimum atomic E-state index is -0.0197. The SMILES string of the molecule is Cc1cccc(OCC(=O)N(Cc2ccc(N(C)C)cc2)C[C@H]2CCCO2)c1. The molecule has 0 radical (unpaired) electrons. The Morgan fingerprint density at radius 1 is 1.18 bits per heavy atom. The highest BCUT2D eigenvalue weighted by atomic mass is 16.5. The summed E-state index contributed by atoms with van der Waals surface area (Å²) < 4.78 is 11.5. The highest BCUT2D eigenvalue weighted by molar-refractivity contribution is 5.77. The quantitative estimate of drug-likeness (QED) is 0.699. The molecule has 28 heavy (non-hydrogen) atoms. The number of hydrogen-bond acceptors (Lipinski definition) is 4. The van der Waals surface area contributed by atoms with Gasteiger partial charge in [-0.15, -0.1) is 0 Å². The number of ether oxygens (including phenoxy) is 2. The van der Waals surface area contributed by atoms with Crippen molar-refractivity contribution < 1.29 is 14.3 Å². The first kappa shape index (κ1) is 20.2. The predicted molar refractivity (Wildman–Crippen MR) is 112 cm³/mol. The van der Waals surface area contributed by atoms with E-state index in [1.165, 1.54) is 0 Å². The zero-order valence-electron chi connectivity index (χ0n) is 17.1. The molecule has 0 bridgehead atoms. The molecule has 0 saturated carbocycles. The first-order chi connectivity index (χ1) is 13.5. The molecule has 150 valence electrons. The lowest BCUT2D eigenvalue weighted by Gasteiger charge is -2.26. The van der Waals surface area contributed by atoms with Gasteiger partial charge in [-0.1, -0.05) is 24.3 Å². The summed E-state index contributed by atoms with van der Waals surface area (Å²) in [6.45, 7) is 3.99. The molecule has 1 amide bonds. The topological polar surface area (TPSA) is 42.0 Å². The van der Waals surface area contributed by atoms with E-state index in [2.05, 4.69) is 29.2 Å². The molecule has 5 heteroatoms. The molecule has 2 aromatic rings. The van der Waals surface area contributed by atoms with Crippen LogP contribution in [0.15, 0.2) is 48.5 Å². The third-order valence-corrected chi connectivity index (χ3v) is 4.98. The standard InChI is InChI=1S/C23H30N2O3/c1-18-6-4-7-21(14-18)28-17-23(26)25(16-22-8-5-13-27-22)15-19-9-11-20(12-10-19)24(2)3/h4,6-7,9-12,14,22H,5,8,13,15-17H2,1-3H3/t22-/m1/s1. The summed E-state index contributed by atoms with van der Waals surface area (Å²) in [5, 5.41) is 0. The molecular formula is C23H30N2O3. The second-order valence-corrected chi connectivity index (χ2v) is 7.58. The van der Waals surface area contributed by atoms with Gasteiger partial charge in [-0.2, -0.15) is 0 Å². The summed E-state index contributed by atoms with van der Waals surface area (Å²) in [6.07, 6.45) is 2.18. The Bertz CT molecular complexity index is 768. The molecule has 0 unspecified atom stereocenters. The monoisotopic (exact) mass is 382 g/mol. The van der Waals surface area contributed by atoms with Crippen LogP contribution in [0, 0.1) is 6.92 Å². The second kappa shape index (κ2) is 9.60. The maximum Gasteiger partial charge on any atom is 0.260 e. The fourth-order valence-electron chi connectivity index (χ4n) is 3.35. The molecule has 0 aliphatic carbocycles. The van der Waals surface area contributed by atoms with Gasteiger partial charge in [-0.05, 0) is 55.2 Å². The number of rotatable bonds is 8. The van der Waals surface area contributed by atoms with E-state index < -0.39 is 0 Å². The average molecular weight is 383 g/mol. The lowest BCUT2D eigenvalue weighted by Crippen LogP contribution is -2.39. The highest BCUT2D eigenvalue weighted by Crippen LogP contribution is 2.18. The molecule has 1 aliphatic heterocycles. The summed E-state index contributed by atoms with van der Waals surface area (Å²) in [4.78, 5) is 16.8. The van der Waals surface area contributed by atoms with Gasteiger partial charge in [0.25, 0.3) is 5.91 Å². The fourth-order valence-corrected chi connectivity index (χ4v) is 3.35. The molecule has 1 saturated heterocycles. The van der Waals surface area contributed by atoms with Gasteiger partial charge in [0, 0.05) is 39.5 Å². The zero-order chi connectivity index (χ0) is 19.9. The predicted octanol–water partition coefficient (Wildman–Crippen LogP) is 3.65. The summed E-state index contributed by atoms with van der Waals surface area (Å²) >= 11 is 0. The molecular weight excluding hydrogens is 352 g/mol. The number of nitrogens with zero attached hydrogens (tertiary/aromatic N) is 2. The maximum atomic E-state index is 12.9. The van der Waals surface area contributed by atoms with Crippen molar-refractivity contribution in [2.45, 2.75) is 32.4 Å². The van der Waals surface area contributed by atoms with E-state index in [0.717, 1.165) is 42.0 Å². The number of carbonyl (C=O) groups excluding carboxylic acids is 1. The van der Waals surface area contributed by atoms with Crippen molar-refractivity contribution in [1.29, 1.82) is 0 Å². The Labute approximate surface area is 167 Å². The maximum absolute atomic E-state index is 12.9. The van der Waals surface area contributed by atoms with Gasteiger partial charge in [-0.25, -0.2) is 0 Å². The lowest BCUT2D eigenvalue weighted by atomic mass is 10.1. The Morgan fingerprint density at radius 2 is 1.96 bits per heavy atom. The number of benzene rings is 2. The third kappa shape index (κ3) is 5.73. The van der Waals surface area contributed by atoms with Gasteiger partial charge in [0.1, 0.15) is 5.75 Å². The minimum absolute atomic E-state index is 0.0197. The molecule has 1 fully saturated rings. The molecule has 1 aliphatic rings. The summed E-state index contributed by atoms with van der Waals surface area (Å²) in [5.41, 5.74) is 3.36. The van der Waals surface area contributed by atoms with Gasteiger partial charge >= 0.3 is 0 Å². The number of amides is 1. The number of anilines is 1. The average Bonchev–Trinajstić information content (AvgIpc) is 3.19. The van der Waals surface area contributed by atoms with Crippen molar-refractivity contribution in [3.8, 4) is 5.75 Å². The molecule has 0 N–H and O–H groups in total. The first-order valence-electron chi connectivity index (χ1n) is 9.86. The molecule has 0 spiro atoms. The first-order valence-corrected chi connectivity index (χ1v) is 9.86. The lowest BCUT2D eigenvalue weighted by molar-refractivity contribution is -0.135. The zero-order valence-corrected chi connectivity index (χ0v) is 17.1. The van der Waals surface area contributed by atoms with Crippen LogP contribution < -0.4 is 9.64 Å². The van der Waals surface area contributed by atoms with Crippen molar-refractivity contribution in [3.63, 3.8) is 0 Å². The van der Waals surface area contributed by atoms with Crippen LogP contribution in [0.4, 0.5) is 5.69 Å². The van der Waals surface area contributed by atoms with Crippen LogP contribution in [-0.2, 0) is 16.1 Å². The van der Waals surface area contributed by atoms with Crippen molar-refractivity contribution in [2.24, 2.45) is 0 Å². The van der Waals surface area contributed by atoms with Crippen molar-refractivity contribution in [3.05, 3.63) is 59.7 Å². The summed E-state index contributed by atoms with van der Waals surface area (Å²) in [7, 11) is 4.04. The Kier molecular flexibility index (Phi) is 6.93. The van der Waals surface area contributed by atoms with Crippen molar-refractivity contribution >= 4 is 11.6 Å². The number of hydrogen-bond donors (Lipinski definition) is 0. The molecule has 0 aromatic heterocycles. The Morgan fingerprint density at radius 3 is 2.61 bits per heavy atom. The van der Waals surface area contributed by atoms with Crippen LogP contribution in [0.5, 0.6) is 5.75 Å². The smallest absolute Gasteiger partial charge is 0.260 e. The van der Waals surface area contributed by atoms with E-state index in [1.807, 2.05) is 50.2 Å².